The molecule has 2 amide bonds. The van der Waals surface area contributed by atoms with E-state index in [2.05, 4.69) is 5.32 Å². The van der Waals surface area contributed by atoms with Crippen LogP contribution in [-0.2, 0) is 22.6 Å². The van der Waals surface area contributed by atoms with Gasteiger partial charge in [0.1, 0.15) is 16.1 Å². The second-order valence-electron chi connectivity index (χ2n) is 7.33. The Morgan fingerprint density at radius 2 is 2.07 bits per heavy atom. The highest BCUT2D eigenvalue weighted by atomic mass is 35.5. The number of nitrogens with zero attached hydrogens (tertiary/aromatic N) is 2. The molecule has 0 saturated carbocycles. The topological polar surface area (TPSA) is 63.6 Å². The van der Waals surface area contributed by atoms with Gasteiger partial charge < -0.3 is 19.5 Å². The molecule has 1 N–H and O–H groups in total. The largest absolute Gasteiger partial charge is 0.383 e. The summed E-state index contributed by atoms with van der Waals surface area (Å²) >= 11 is 7.51. The number of hydrogen-bond acceptors (Lipinski definition) is 4. The first-order valence-corrected chi connectivity index (χ1v) is 10.6. The molecule has 0 radical (unpaired) electrons. The van der Waals surface area contributed by atoms with Crippen molar-refractivity contribution >= 4 is 45.0 Å². The lowest BCUT2D eigenvalue weighted by molar-refractivity contribution is -0.133. The highest BCUT2D eigenvalue weighted by Gasteiger charge is 2.47. The molecule has 0 bridgehead atoms. The van der Waals surface area contributed by atoms with Crippen molar-refractivity contribution in [1.29, 1.82) is 0 Å². The van der Waals surface area contributed by atoms with Crippen molar-refractivity contribution in [1.82, 2.24) is 14.8 Å². The number of fused-ring (bicyclic) bond motifs is 3. The van der Waals surface area contributed by atoms with E-state index in [-0.39, 0.29) is 11.8 Å². The van der Waals surface area contributed by atoms with Crippen molar-refractivity contribution in [2.24, 2.45) is 0 Å². The van der Waals surface area contributed by atoms with Gasteiger partial charge in [-0.15, -0.1) is 11.3 Å². The van der Waals surface area contributed by atoms with Crippen LogP contribution in [0, 0.1) is 0 Å². The molecular formula is C21H22ClN3O3S. The Balaban J connectivity index is 1.64. The van der Waals surface area contributed by atoms with Crippen LogP contribution in [0.25, 0.3) is 10.2 Å². The van der Waals surface area contributed by atoms with Crippen LogP contribution < -0.4 is 5.32 Å². The molecule has 1 aliphatic rings. The molecule has 29 heavy (non-hydrogen) atoms. The number of amides is 2. The molecule has 1 aromatic carbocycles. The molecule has 4 rings (SSSR count). The third kappa shape index (κ3) is 3.54. The van der Waals surface area contributed by atoms with Crippen molar-refractivity contribution in [3.05, 3.63) is 58.1 Å². The SMILES string of the molecule is COCCN1C(=O)c2cc3ccsc3n2C[C@]1(C)C(=O)NCc1ccc(Cl)cc1. The van der Waals surface area contributed by atoms with Gasteiger partial charge in [-0.3, -0.25) is 9.59 Å². The lowest BCUT2D eigenvalue weighted by atomic mass is 9.94. The minimum atomic E-state index is -1.02. The molecule has 1 aliphatic heterocycles. The Labute approximate surface area is 178 Å². The summed E-state index contributed by atoms with van der Waals surface area (Å²) in [6.07, 6.45) is 0. The van der Waals surface area contributed by atoms with Crippen LogP contribution in [0.1, 0.15) is 23.0 Å². The van der Waals surface area contributed by atoms with Crippen LogP contribution in [0.15, 0.2) is 41.8 Å². The normalized spacial score (nSPS) is 18.9. The molecule has 3 aromatic rings. The number of rotatable bonds is 6. The van der Waals surface area contributed by atoms with Crippen molar-refractivity contribution < 1.29 is 14.3 Å². The highest BCUT2D eigenvalue weighted by molar-refractivity contribution is 7.16. The molecule has 0 spiro atoms. The average molecular weight is 432 g/mol. The molecule has 0 aliphatic carbocycles. The predicted octanol–water partition coefficient (Wildman–Crippen LogP) is 3.53. The molecule has 6 nitrogen and oxygen atoms in total. The third-order valence-electron chi connectivity index (χ3n) is 5.40. The zero-order valence-electron chi connectivity index (χ0n) is 16.3. The number of aromatic nitrogens is 1. The molecular weight excluding hydrogens is 410 g/mol. The lowest BCUT2D eigenvalue weighted by Gasteiger charge is -2.43. The second-order valence-corrected chi connectivity index (χ2v) is 8.66. The summed E-state index contributed by atoms with van der Waals surface area (Å²) in [6, 6.07) is 11.2. The number of methoxy groups -OCH3 is 1. The fraction of sp³-hybridized carbons (Fsp3) is 0.333. The van der Waals surface area contributed by atoms with Gasteiger partial charge in [-0.2, -0.15) is 0 Å². The van der Waals surface area contributed by atoms with Crippen LogP contribution >= 0.6 is 22.9 Å². The van der Waals surface area contributed by atoms with Crippen LogP contribution in [0.5, 0.6) is 0 Å². The molecule has 3 heterocycles. The van der Waals surface area contributed by atoms with Gasteiger partial charge in [-0.1, -0.05) is 23.7 Å². The minimum Gasteiger partial charge on any atom is -0.383 e. The molecule has 2 aromatic heterocycles. The van der Waals surface area contributed by atoms with E-state index in [1.807, 2.05) is 41.1 Å². The maximum Gasteiger partial charge on any atom is 0.271 e. The van der Waals surface area contributed by atoms with E-state index in [9.17, 15) is 9.59 Å². The van der Waals surface area contributed by atoms with E-state index in [4.69, 9.17) is 16.3 Å². The van der Waals surface area contributed by atoms with Crippen molar-refractivity contribution in [3.63, 3.8) is 0 Å². The monoisotopic (exact) mass is 431 g/mol. The van der Waals surface area contributed by atoms with Gasteiger partial charge >= 0.3 is 0 Å². The number of carbonyl (C=O) groups excluding carboxylic acids is 2. The molecule has 1 atom stereocenters. The van der Waals surface area contributed by atoms with Crippen molar-refractivity contribution in [3.8, 4) is 0 Å². The quantitative estimate of drug-likeness (QED) is 0.649. The Kier molecular flexibility index (Phi) is 5.38. The van der Waals surface area contributed by atoms with Gasteiger partial charge in [0.05, 0.1) is 13.2 Å². The summed E-state index contributed by atoms with van der Waals surface area (Å²) in [5.41, 5.74) is 0.537. The Hall–Kier alpha value is -2.35. The average Bonchev–Trinajstić information content (AvgIpc) is 3.29. The molecule has 8 heteroatoms. The zero-order chi connectivity index (χ0) is 20.6. The molecule has 0 unspecified atom stereocenters. The van der Waals surface area contributed by atoms with E-state index in [0.29, 0.717) is 37.0 Å². The smallest absolute Gasteiger partial charge is 0.271 e. The Morgan fingerprint density at radius 1 is 1.31 bits per heavy atom. The number of benzene rings is 1. The summed E-state index contributed by atoms with van der Waals surface area (Å²) in [5.74, 6) is -0.346. The minimum absolute atomic E-state index is 0.152. The van der Waals surface area contributed by atoms with Gasteiger partial charge in [-0.05, 0) is 42.1 Å². The fourth-order valence-corrected chi connectivity index (χ4v) is 4.79. The number of thiophene rings is 1. The number of halogens is 1. The van der Waals surface area contributed by atoms with E-state index >= 15 is 0 Å². The fourth-order valence-electron chi connectivity index (χ4n) is 3.77. The van der Waals surface area contributed by atoms with Gasteiger partial charge in [0.25, 0.3) is 5.91 Å². The first-order valence-electron chi connectivity index (χ1n) is 9.34. The van der Waals surface area contributed by atoms with E-state index in [0.717, 1.165) is 15.8 Å². The van der Waals surface area contributed by atoms with Gasteiger partial charge in [-0.25, -0.2) is 0 Å². The molecule has 152 valence electrons. The number of hydrogen-bond donors (Lipinski definition) is 1. The summed E-state index contributed by atoms with van der Waals surface area (Å²) in [7, 11) is 1.59. The maximum absolute atomic E-state index is 13.3. The van der Waals surface area contributed by atoms with E-state index in [1.54, 1.807) is 35.5 Å². The third-order valence-corrected chi connectivity index (χ3v) is 6.61. The highest BCUT2D eigenvalue weighted by Crippen LogP contribution is 2.34. The van der Waals surface area contributed by atoms with Gasteiger partial charge in [0, 0.05) is 30.6 Å². The van der Waals surface area contributed by atoms with Gasteiger partial charge in [0.2, 0.25) is 5.91 Å². The second kappa shape index (κ2) is 7.82. The summed E-state index contributed by atoms with van der Waals surface area (Å²) in [4.78, 5) is 29.2. The zero-order valence-corrected chi connectivity index (χ0v) is 17.8. The van der Waals surface area contributed by atoms with E-state index in [1.165, 1.54) is 0 Å². The van der Waals surface area contributed by atoms with Crippen LogP contribution in [-0.4, -0.2) is 47.1 Å². The Morgan fingerprint density at radius 3 is 2.79 bits per heavy atom. The first kappa shape index (κ1) is 19.9. The molecule has 0 saturated heterocycles. The lowest BCUT2D eigenvalue weighted by Crippen LogP contribution is -2.64. The number of carbonyl (C=O) groups is 2. The van der Waals surface area contributed by atoms with Crippen molar-refractivity contribution in [2.75, 3.05) is 20.3 Å². The number of ether oxygens (including phenoxy) is 1. The summed E-state index contributed by atoms with van der Waals surface area (Å²) < 4.78 is 7.16. The number of nitrogens with one attached hydrogen (secondary N) is 1. The maximum atomic E-state index is 13.3. The molecule has 0 fully saturated rings. The standard InChI is InChI=1S/C21H22ClN3O3S/c1-21(20(27)23-12-14-3-5-16(22)6-4-14)13-24-17(11-15-7-10-29-19(15)24)18(26)25(21)8-9-28-2/h3-7,10-11H,8-9,12-13H2,1-2H3,(H,23,27)/t21-/m1/s1. The first-order chi connectivity index (χ1) is 13.9. The predicted molar refractivity (Wildman–Crippen MR) is 114 cm³/mol. The van der Waals surface area contributed by atoms with Crippen molar-refractivity contribution in [2.45, 2.75) is 25.6 Å². The van der Waals surface area contributed by atoms with Crippen LogP contribution in [0.3, 0.4) is 0 Å². The van der Waals surface area contributed by atoms with Gasteiger partial charge in [0.15, 0.2) is 0 Å². The van der Waals surface area contributed by atoms with Crippen LogP contribution in [0.4, 0.5) is 0 Å². The Bertz CT molecular complexity index is 1060. The summed E-state index contributed by atoms with van der Waals surface area (Å²) in [5, 5.41) is 6.66. The van der Waals surface area contributed by atoms with Crippen LogP contribution in [0.2, 0.25) is 5.02 Å². The van der Waals surface area contributed by atoms with E-state index < -0.39 is 5.54 Å². The summed E-state index contributed by atoms with van der Waals surface area (Å²) in [6.45, 7) is 3.29.